The van der Waals surface area contributed by atoms with E-state index in [1.165, 1.54) is 5.56 Å². The van der Waals surface area contributed by atoms with Crippen LogP contribution in [0.5, 0.6) is 0 Å². The molecule has 1 heteroatoms. The summed E-state index contributed by atoms with van der Waals surface area (Å²) < 4.78 is 0. The second-order valence-electron chi connectivity index (χ2n) is 4.85. The number of rotatable bonds is 4. The van der Waals surface area contributed by atoms with Gasteiger partial charge in [-0.3, -0.25) is 0 Å². The summed E-state index contributed by atoms with van der Waals surface area (Å²) in [6, 6.07) is 10.6. The monoisotopic (exact) mass is 205 g/mol. The van der Waals surface area contributed by atoms with Gasteiger partial charge in [0.2, 0.25) is 0 Å². The average molecular weight is 205 g/mol. The predicted octanol–water partition coefficient (Wildman–Crippen LogP) is 3.48. The van der Waals surface area contributed by atoms with Crippen molar-refractivity contribution in [1.82, 2.24) is 0 Å². The minimum absolute atomic E-state index is 0.0256. The van der Waals surface area contributed by atoms with Gasteiger partial charge in [0.05, 0.1) is 0 Å². The maximum absolute atomic E-state index is 6.51. The predicted molar refractivity (Wildman–Crippen MR) is 67.0 cm³/mol. The third-order valence-electron chi connectivity index (χ3n) is 4.00. The van der Waals surface area contributed by atoms with Crippen LogP contribution >= 0.6 is 0 Å². The Kier molecular flexibility index (Phi) is 3.56. The smallest absolute Gasteiger partial charge is 0.0241 e. The molecule has 0 heterocycles. The third kappa shape index (κ3) is 2.07. The van der Waals surface area contributed by atoms with Gasteiger partial charge in [0.1, 0.15) is 0 Å². The molecule has 0 radical (unpaired) electrons. The van der Waals surface area contributed by atoms with E-state index >= 15 is 0 Å². The van der Waals surface area contributed by atoms with Crippen LogP contribution in [-0.4, -0.2) is 5.54 Å². The van der Waals surface area contributed by atoms with E-state index in [-0.39, 0.29) is 11.0 Å². The van der Waals surface area contributed by atoms with Crippen LogP contribution in [0.2, 0.25) is 0 Å². The zero-order valence-corrected chi connectivity index (χ0v) is 10.4. The molecule has 0 spiro atoms. The van der Waals surface area contributed by atoms with Gasteiger partial charge in [0.25, 0.3) is 0 Å². The van der Waals surface area contributed by atoms with E-state index in [2.05, 4.69) is 58.0 Å². The highest BCUT2D eigenvalue weighted by atomic mass is 14.8. The Bertz CT molecular complexity index is 296. The van der Waals surface area contributed by atoms with Crippen molar-refractivity contribution >= 4 is 0 Å². The van der Waals surface area contributed by atoms with E-state index in [1.807, 2.05) is 0 Å². The van der Waals surface area contributed by atoms with Gasteiger partial charge in [-0.2, -0.15) is 0 Å². The summed E-state index contributed by atoms with van der Waals surface area (Å²) in [6.07, 6.45) is 2.01. The van der Waals surface area contributed by atoms with E-state index in [4.69, 9.17) is 5.73 Å². The molecule has 0 aliphatic carbocycles. The molecule has 84 valence electrons. The first-order chi connectivity index (χ1) is 6.98. The van der Waals surface area contributed by atoms with E-state index in [1.54, 1.807) is 0 Å². The minimum atomic E-state index is -0.117. The molecular weight excluding hydrogens is 182 g/mol. The van der Waals surface area contributed by atoms with Gasteiger partial charge in [-0.1, -0.05) is 58.0 Å². The molecule has 15 heavy (non-hydrogen) atoms. The lowest BCUT2D eigenvalue weighted by Gasteiger charge is -2.43. The number of benzene rings is 1. The van der Waals surface area contributed by atoms with E-state index < -0.39 is 0 Å². The van der Waals surface area contributed by atoms with Crippen LogP contribution in [0.4, 0.5) is 0 Å². The molecule has 0 atom stereocenters. The van der Waals surface area contributed by atoms with Crippen molar-refractivity contribution in [2.24, 2.45) is 5.73 Å². The van der Waals surface area contributed by atoms with Crippen LogP contribution < -0.4 is 5.73 Å². The number of hydrogen-bond acceptors (Lipinski definition) is 1. The lowest BCUT2D eigenvalue weighted by atomic mass is 9.66. The molecule has 0 aliphatic heterocycles. The van der Waals surface area contributed by atoms with Crippen molar-refractivity contribution in [2.45, 2.75) is 51.5 Å². The molecule has 0 saturated heterocycles. The summed E-state index contributed by atoms with van der Waals surface area (Å²) >= 11 is 0. The summed E-state index contributed by atoms with van der Waals surface area (Å²) in [6.45, 7) is 8.84. The molecule has 0 unspecified atom stereocenters. The quantitative estimate of drug-likeness (QED) is 0.800. The van der Waals surface area contributed by atoms with Crippen molar-refractivity contribution < 1.29 is 0 Å². The van der Waals surface area contributed by atoms with Crippen molar-refractivity contribution in [3.05, 3.63) is 35.9 Å². The van der Waals surface area contributed by atoms with E-state index in [0.717, 1.165) is 12.8 Å². The lowest BCUT2D eigenvalue weighted by Crippen LogP contribution is -2.54. The zero-order chi connectivity index (χ0) is 11.5. The topological polar surface area (TPSA) is 26.0 Å². The normalized spacial score (nSPS) is 12.9. The van der Waals surface area contributed by atoms with Gasteiger partial charge in [-0.15, -0.1) is 0 Å². The number of hydrogen-bond donors (Lipinski definition) is 1. The second kappa shape index (κ2) is 4.36. The Morgan fingerprint density at radius 2 is 1.47 bits per heavy atom. The molecule has 1 nitrogen and oxygen atoms in total. The fraction of sp³-hybridized carbons (Fsp3) is 0.571. The Balaban J connectivity index is 3.12. The minimum Gasteiger partial charge on any atom is -0.324 e. The zero-order valence-electron chi connectivity index (χ0n) is 10.4. The van der Waals surface area contributed by atoms with Gasteiger partial charge >= 0.3 is 0 Å². The molecule has 0 aliphatic rings. The van der Waals surface area contributed by atoms with Crippen LogP contribution in [0.3, 0.4) is 0 Å². The third-order valence-corrected chi connectivity index (χ3v) is 4.00. The van der Waals surface area contributed by atoms with Crippen LogP contribution in [0.15, 0.2) is 30.3 Å². The maximum atomic E-state index is 6.51. The molecule has 1 aromatic rings. The van der Waals surface area contributed by atoms with Gasteiger partial charge in [0, 0.05) is 11.0 Å². The summed E-state index contributed by atoms with van der Waals surface area (Å²) in [4.78, 5) is 0. The molecule has 0 fully saturated rings. The van der Waals surface area contributed by atoms with Crippen molar-refractivity contribution in [1.29, 1.82) is 0 Å². The van der Waals surface area contributed by atoms with Crippen LogP contribution in [-0.2, 0) is 5.41 Å². The largest absolute Gasteiger partial charge is 0.324 e. The van der Waals surface area contributed by atoms with Crippen molar-refractivity contribution in [3.8, 4) is 0 Å². The van der Waals surface area contributed by atoms with Gasteiger partial charge in [-0.05, 0) is 18.4 Å². The van der Waals surface area contributed by atoms with Crippen molar-refractivity contribution in [3.63, 3.8) is 0 Å². The van der Waals surface area contributed by atoms with Gasteiger partial charge in [0.15, 0.2) is 0 Å². The fourth-order valence-electron chi connectivity index (χ4n) is 2.28. The van der Waals surface area contributed by atoms with Gasteiger partial charge in [-0.25, -0.2) is 0 Å². The molecule has 0 amide bonds. The first-order valence-corrected chi connectivity index (χ1v) is 5.82. The fourth-order valence-corrected chi connectivity index (χ4v) is 2.28. The van der Waals surface area contributed by atoms with E-state index in [9.17, 15) is 0 Å². The first kappa shape index (κ1) is 12.3. The van der Waals surface area contributed by atoms with Gasteiger partial charge < -0.3 is 5.73 Å². The summed E-state index contributed by atoms with van der Waals surface area (Å²) in [7, 11) is 0. The summed E-state index contributed by atoms with van der Waals surface area (Å²) in [5, 5.41) is 0. The van der Waals surface area contributed by atoms with Crippen molar-refractivity contribution in [2.75, 3.05) is 0 Å². The van der Waals surface area contributed by atoms with E-state index in [0.29, 0.717) is 0 Å². The Hall–Kier alpha value is -0.820. The Labute approximate surface area is 93.7 Å². The van der Waals surface area contributed by atoms with Crippen LogP contribution in [0, 0.1) is 0 Å². The highest BCUT2D eigenvalue weighted by Crippen LogP contribution is 2.37. The SMILES string of the molecule is CCC(N)(CC)C(C)(C)c1ccccc1. The molecule has 0 bridgehead atoms. The molecule has 1 aromatic carbocycles. The molecule has 0 saturated carbocycles. The molecular formula is C14H23N. The average Bonchev–Trinajstić information content (AvgIpc) is 2.29. The standard InChI is InChI=1S/C14H23N/c1-5-14(15,6-2)13(3,4)12-10-8-7-9-11-12/h7-11H,5-6,15H2,1-4H3. The maximum Gasteiger partial charge on any atom is 0.0241 e. The summed E-state index contributed by atoms with van der Waals surface area (Å²) in [5.41, 5.74) is 7.75. The molecule has 2 N–H and O–H groups in total. The van der Waals surface area contributed by atoms with Crippen LogP contribution in [0.25, 0.3) is 0 Å². The number of nitrogens with two attached hydrogens (primary N) is 1. The molecule has 0 aromatic heterocycles. The lowest BCUT2D eigenvalue weighted by molar-refractivity contribution is 0.237. The van der Waals surface area contributed by atoms with Crippen LogP contribution in [0.1, 0.15) is 46.1 Å². The second-order valence-corrected chi connectivity index (χ2v) is 4.85. The molecule has 1 rings (SSSR count). The highest BCUT2D eigenvalue weighted by Gasteiger charge is 2.39. The Morgan fingerprint density at radius 1 is 1.00 bits per heavy atom. The Morgan fingerprint density at radius 3 is 1.87 bits per heavy atom. The highest BCUT2D eigenvalue weighted by molar-refractivity contribution is 5.28. The first-order valence-electron chi connectivity index (χ1n) is 5.82. The summed E-state index contributed by atoms with van der Waals surface area (Å²) in [5.74, 6) is 0.